The molecule has 3 nitrogen and oxygen atoms in total. The Morgan fingerprint density at radius 3 is 3.06 bits per heavy atom. The summed E-state index contributed by atoms with van der Waals surface area (Å²) in [6.07, 6.45) is 4.79. The molecule has 1 atom stereocenters. The van der Waals surface area contributed by atoms with Crippen molar-refractivity contribution >= 4 is 0 Å². The fourth-order valence-corrected chi connectivity index (χ4v) is 2.33. The molecule has 1 saturated heterocycles. The van der Waals surface area contributed by atoms with Crippen molar-refractivity contribution in [3.05, 3.63) is 30.1 Å². The van der Waals surface area contributed by atoms with Gasteiger partial charge in [-0.05, 0) is 30.0 Å². The largest absolute Gasteiger partial charge is 0.298 e. The molecule has 0 N–H and O–H groups in total. The molecule has 0 spiro atoms. The highest BCUT2D eigenvalue weighted by molar-refractivity contribution is 5.09. The number of nitriles is 1. The Morgan fingerprint density at radius 1 is 1.59 bits per heavy atom. The summed E-state index contributed by atoms with van der Waals surface area (Å²) < 4.78 is 0. The van der Waals surface area contributed by atoms with Gasteiger partial charge in [-0.25, -0.2) is 0 Å². The minimum Gasteiger partial charge on any atom is -0.298 e. The zero-order valence-corrected chi connectivity index (χ0v) is 10.6. The van der Waals surface area contributed by atoms with E-state index in [-0.39, 0.29) is 11.3 Å². The Kier molecular flexibility index (Phi) is 3.44. The summed E-state index contributed by atoms with van der Waals surface area (Å²) in [5.74, 6) is 0.132. The van der Waals surface area contributed by atoms with Gasteiger partial charge in [-0.2, -0.15) is 5.26 Å². The van der Waals surface area contributed by atoms with Gasteiger partial charge < -0.3 is 0 Å². The topological polar surface area (TPSA) is 39.9 Å². The lowest BCUT2D eigenvalue weighted by atomic mass is 9.74. The second-order valence-corrected chi connectivity index (χ2v) is 5.52. The first-order valence-electron chi connectivity index (χ1n) is 6.13. The van der Waals surface area contributed by atoms with E-state index in [1.54, 1.807) is 6.20 Å². The fourth-order valence-electron chi connectivity index (χ4n) is 2.33. The number of hydrogen-bond donors (Lipinski definition) is 0. The maximum Gasteiger partial charge on any atom is 0.0674 e. The maximum absolute atomic E-state index is 9.22. The van der Waals surface area contributed by atoms with Crippen molar-refractivity contribution in [3.8, 4) is 6.07 Å². The second kappa shape index (κ2) is 4.85. The third kappa shape index (κ3) is 2.83. The highest BCUT2D eigenvalue weighted by Crippen LogP contribution is 2.35. The van der Waals surface area contributed by atoms with Crippen molar-refractivity contribution in [1.82, 2.24) is 9.88 Å². The monoisotopic (exact) mass is 229 g/mol. The van der Waals surface area contributed by atoms with E-state index in [1.807, 2.05) is 12.3 Å². The molecule has 17 heavy (non-hydrogen) atoms. The second-order valence-electron chi connectivity index (χ2n) is 5.52. The Balaban J connectivity index is 1.99. The first-order valence-corrected chi connectivity index (χ1v) is 6.13. The van der Waals surface area contributed by atoms with Crippen molar-refractivity contribution in [2.24, 2.45) is 11.3 Å². The van der Waals surface area contributed by atoms with Gasteiger partial charge in [0, 0.05) is 25.5 Å². The Bertz CT molecular complexity index is 405. The summed E-state index contributed by atoms with van der Waals surface area (Å²) in [7, 11) is 0. The van der Waals surface area contributed by atoms with E-state index < -0.39 is 0 Å². The molecule has 1 aromatic rings. The van der Waals surface area contributed by atoms with E-state index in [0.717, 1.165) is 26.1 Å². The first-order chi connectivity index (χ1) is 8.12. The average Bonchev–Trinajstić information content (AvgIpc) is 2.33. The highest BCUT2D eigenvalue weighted by Gasteiger charge is 2.35. The van der Waals surface area contributed by atoms with Gasteiger partial charge in [0.05, 0.1) is 12.0 Å². The molecule has 0 aliphatic carbocycles. The Labute approximate surface area is 103 Å². The molecule has 0 saturated carbocycles. The fraction of sp³-hybridized carbons (Fsp3) is 0.571. The van der Waals surface area contributed by atoms with Crippen LogP contribution in [0.15, 0.2) is 24.5 Å². The summed E-state index contributed by atoms with van der Waals surface area (Å²) in [6, 6.07) is 6.51. The lowest BCUT2D eigenvalue weighted by molar-refractivity contribution is 0.0860. The molecule has 0 bridgehead atoms. The van der Waals surface area contributed by atoms with Crippen LogP contribution in [-0.2, 0) is 6.54 Å². The van der Waals surface area contributed by atoms with Gasteiger partial charge in [0.15, 0.2) is 0 Å². The molecule has 0 aromatic carbocycles. The van der Waals surface area contributed by atoms with E-state index >= 15 is 0 Å². The van der Waals surface area contributed by atoms with Crippen LogP contribution in [0, 0.1) is 22.7 Å². The van der Waals surface area contributed by atoms with Gasteiger partial charge in [-0.15, -0.1) is 0 Å². The maximum atomic E-state index is 9.22. The van der Waals surface area contributed by atoms with Crippen molar-refractivity contribution in [2.45, 2.75) is 26.8 Å². The molecule has 1 unspecified atom stereocenters. The smallest absolute Gasteiger partial charge is 0.0674 e. The van der Waals surface area contributed by atoms with Gasteiger partial charge in [0.2, 0.25) is 0 Å². The van der Waals surface area contributed by atoms with E-state index in [9.17, 15) is 5.26 Å². The third-order valence-electron chi connectivity index (χ3n) is 3.74. The quantitative estimate of drug-likeness (QED) is 0.782. The normalized spacial score (nSPS) is 24.2. The van der Waals surface area contributed by atoms with Crippen molar-refractivity contribution in [3.63, 3.8) is 0 Å². The summed E-state index contributed by atoms with van der Waals surface area (Å²) >= 11 is 0. The van der Waals surface area contributed by atoms with Crippen LogP contribution in [-0.4, -0.2) is 23.0 Å². The van der Waals surface area contributed by atoms with Crippen LogP contribution in [0.3, 0.4) is 0 Å². The summed E-state index contributed by atoms with van der Waals surface area (Å²) in [5, 5.41) is 9.22. The molecule has 1 aromatic heterocycles. The lowest BCUT2D eigenvalue weighted by Crippen LogP contribution is -2.43. The average molecular weight is 229 g/mol. The van der Waals surface area contributed by atoms with E-state index in [1.165, 1.54) is 5.56 Å². The standard InChI is InChI=1S/C14H19N3/c1-14(2)5-7-17(11-13(14)8-15)10-12-4-3-6-16-9-12/h3-4,6,9,13H,5,7,10-11H2,1-2H3. The number of rotatable bonds is 2. The zero-order valence-electron chi connectivity index (χ0n) is 10.6. The predicted molar refractivity (Wildman–Crippen MR) is 67.0 cm³/mol. The molecular weight excluding hydrogens is 210 g/mol. The first kappa shape index (κ1) is 12.1. The SMILES string of the molecule is CC1(C)CCN(Cc2cccnc2)CC1C#N. The van der Waals surface area contributed by atoms with Crippen LogP contribution >= 0.6 is 0 Å². The van der Waals surface area contributed by atoms with Gasteiger partial charge >= 0.3 is 0 Å². The molecule has 1 aliphatic rings. The number of hydrogen-bond acceptors (Lipinski definition) is 3. The minimum absolute atomic E-state index is 0.132. The zero-order chi connectivity index (χ0) is 12.3. The van der Waals surface area contributed by atoms with Gasteiger partial charge in [0.25, 0.3) is 0 Å². The number of piperidine rings is 1. The molecule has 0 amide bonds. The highest BCUT2D eigenvalue weighted by atomic mass is 15.1. The molecule has 2 heterocycles. The minimum atomic E-state index is 0.132. The van der Waals surface area contributed by atoms with E-state index in [4.69, 9.17) is 0 Å². The van der Waals surface area contributed by atoms with Crippen molar-refractivity contribution in [1.29, 1.82) is 5.26 Å². The molecular formula is C14H19N3. The van der Waals surface area contributed by atoms with E-state index in [2.05, 4.69) is 35.9 Å². The predicted octanol–water partition coefficient (Wildman–Crippen LogP) is 2.45. The van der Waals surface area contributed by atoms with Crippen LogP contribution in [0.4, 0.5) is 0 Å². The Morgan fingerprint density at radius 2 is 2.41 bits per heavy atom. The lowest BCUT2D eigenvalue weighted by Gasteiger charge is -2.40. The molecule has 2 rings (SSSR count). The number of pyridine rings is 1. The number of nitrogens with zero attached hydrogens (tertiary/aromatic N) is 3. The van der Waals surface area contributed by atoms with Crippen LogP contribution in [0.2, 0.25) is 0 Å². The number of likely N-dealkylation sites (tertiary alicyclic amines) is 1. The summed E-state index contributed by atoms with van der Waals surface area (Å²) in [4.78, 5) is 6.48. The van der Waals surface area contributed by atoms with Gasteiger partial charge in [-0.3, -0.25) is 9.88 Å². The van der Waals surface area contributed by atoms with E-state index in [0.29, 0.717) is 0 Å². The molecule has 0 radical (unpaired) electrons. The van der Waals surface area contributed by atoms with Crippen molar-refractivity contribution < 1.29 is 0 Å². The summed E-state index contributed by atoms with van der Waals surface area (Å²) in [5.41, 5.74) is 1.38. The third-order valence-corrected chi connectivity index (χ3v) is 3.74. The molecule has 90 valence electrons. The van der Waals surface area contributed by atoms with Gasteiger partial charge in [0.1, 0.15) is 0 Å². The summed E-state index contributed by atoms with van der Waals surface area (Å²) in [6.45, 7) is 7.24. The number of aromatic nitrogens is 1. The van der Waals surface area contributed by atoms with Crippen LogP contribution < -0.4 is 0 Å². The molecule has 1 fully saturated rings. The van der Waals surface area contributed by atoms with Crippen molar-refractivity contribution in [2.75, 3.05) is 13.1 Å². The van der Waals surface area contributed by atoms with Crippen LogP contribution in [0.5, 0.6) is 0 Å². The van der Waals surface area contributed by atoms with Crippen LogP contribution in [0.25, 0.3) is 0 Å². The molecule has 1 aliphatic heterocycles. The van der Waals surface area contributed by atoms with Crippen LogP contribution in [0.1, 0.15) is 25.8 Å². The molecule has 3 heteroatoms. The Hall–Kier alpha value is -1.40. The van der Waals surface area contributed by atoms with Gasteiger partial charge in [-0.1, -0.05) is 19.9 Å².